The summed E-state index contributed by atoms with van der Waals surface area (Å²) in [5, 5.41) is 0. The first-order valence-corrected chi connectivity index (χ1v) is 8.65. The average molecular weight is 362 g/mol. The van der Waals surface area contributed by atoms with Gasteiger partial charge in [-0.15, -0.1) is 0 Å². The van der Waals surface area contributed by atoms with Gasteiger partial charge >= 0.3 is 6.18 Å². The normalized spacial score (nSPS) is 13.1. The third-order valence-corrected chi connectivity index (χ3v) is 4.55. The van der Waals surface area contributed by atoms with Crippen molar-refractivity contribution in [3.05, 3.63) is 59.9 Å². The summed E-state index contributed by atoms with van der Waals surface area (Å²) in [5.74, 6) is 0.222. The van der Waals surface area contributed by atoms with Crippen molar-refractivity contribution < 1.29 is 17.9 Å². The summed E-state index contributed by atoms with van der Waals surface area (Å²) in [4.78, 5) is 3.73. The highest BCUT2D eigenvalue weighted by Gasteiger charge is 2.37. The Kier molecular flexibility index (Phi) is 5.20. The lowest BCUT2D eigenvalue weighted by Gasteiger charge is -2.13. The first-order chi connectivity index (χ1) is 12.4. The van der Waals surface area contributed by atoms with Gasteiger partial charge in [-0.1, -0.05) is 38.1 Å². The van der Waals surface area contributed by atoms with E-state index < -0.39 is 12.0 Å². The van der Waals surface area contributed by atoms with Crippen molar-refractivity contribution in [1.29, 1.82) is 0 Å². The zero-order chi connectivity index (χ0) is 18.7. The molecule has 1 aromatic heterocycles. The molecule has 6 heteroatoms. The first-order valence-electron chi connectivity index (χ1n) is 8.65. The van der Waals surface area contributed by atoms with Gasteiger partial charge in [-0.25, -0.2) is 4.98 Å². The number of para-hydroxylation sites is 2. The number of ether oxygens (including phenoxy) is 1. The van der Waals surface area contributed by atoms with E-state index in [4.69, 9.17) is 4.74 Å². The van der Waals surface area contributed by atoms with E-state index in [1.165, 1.54) is 10.1 Å². The molecule has 3 aromatic rings. The van der Waals surface area contributed by atoms with Crippen molar-refractivity contribution in [2.45, 2.75) is 38.9 Å². The van der Waals surface area contributed by atoms with Crippen molar-refractivity contribution in [2.75, 3.05) is 6.61 Å². The molecular weight excluding hydrogens is 341 g/mol. The summed E-state index contributed by atoms with van der Waals surface area (Å²) in [6.45, 7) is 4.48. The lowest BCUT2D eigenvalue weighted by atomic mass is 9.99. The van der Waals surface area contributed by atoms with Crippen LogP contribution in [0, 0.1) is 0 Å². The summed E-state index contributed by atoms with van der Waals surface area (Å²) in [6.07, 6.45) is -3.45. The molecule has 1 unspecified atom stereocenters. The van der Waals surface area contributed by atoms with Gasteiger partial charge in [0.2, 0.25) is 5.82 Å². The van der Waals surface area contributed by atoms with Crippen molar-refractivity contribution in [1.82, 2.24) is 9.55 Å². The number of rotatable bonds is 6. The molecule has 0 spiro atoms. The zero-order valence-corrected chi connectivity index (χ0v) is 14.8. The maximum absolute atomic E-state index is 13.3. The van der Waals surface area contributed by atoms with E-state index in [9.17, 15) is 13.2 Å². The van der Waals surface area contributed by atoms with Gasteiger partial charge in [0, 0.05) is 0 Å². The number of aromatic nitrogens is 2. The minimum Gasteiger partial charge on any atom is -0.492 e. The Morgan fingerprint density at radius 3 is 2.42 bits per heavy atom. The Morgan fingerprint density at radius 1 is 1.08 bits per heavy atom. The van der Waals surface area contributed by atoms with E-state index in [1.807, 2.05) is 24.3 Å². The molecule has 3 rings (SSSR count). The predicted octanol–water partition coefficient (Wildman–Crippen LogP) is 5.65. The first kappa shape index (κ1) is 18.3. The molecule has 0 amide bonds. The molecule has 3 nitrogen and oxygen atoms in total. The third-order valence-electron chi connectivity index (χ3n) is 4.55. The molecule has 0 aliphatic heterocycles. The summed E-state index contributed by atoms with van der Waals surface area (Å²) in [5.41, 5.74) is 2.01. The van der Waals surface area contributed by atoms with Crippen LogP contribution in [0.3, 0.4) is 0 Å². The number of imidazole rings is 1. The molecule has 0 bridgehead atoms. The highest BCUT2D eigenvalue weighted by atomic mass is 19.4. The minimum atomic E-state index is -4.50. The summed E-state index contributed by atoms with van der Waals surface area (Å²) in [7, 11) is 0. The van der Waals surface area contributed by atoms with Crippen LogP contribution in [-0.2, 0) is 12.7 Å². The molecule has 1 atom stereocenters. The van der Waals surface area contributed by atoms with E-state index in [-0.39, 0.29) is 13.2 Å². The van der Waals surface area contributed by atoms with Gasteiger partial charge in [0.05, 0.1) is 17.6 Å². The highest BCUT2D eigenvalue weighted by molar-refractivity contribution is 5.76. The zero-order valence-electron chi connectivity index (χ0n) is 14.8. The van der Waals surface area contributed by atoms with E-state index in [2.05, 4.69) is 18.8 Å². The molecule has 0 saturated carbocycles. The van der Waals surface area contributed by atoms with Crippen LogP contribution in [0.15, 0.2) is 48.5 Å². The maximum atomic E-state index is 13.3. The van der Waals surface area contributed by atoms with Crippen molar-refractivity contribution in [3.63, 3.8) is 0 Å². The van der Waals surface area contributed by atoms with E-state index in [0.29, 0.717) is 22.7 Å². The van der Waals surface area contributed by atoms with Crippen LogP contribution in [0.5, 0.6) is 5.75 Å². The standard InChI is InChI=1S/C20H21F3N2O/c1-3-14(2)15-8-10-16(11-9-15)26-13-12-25-18-7-5-4-6-17(18)24-19(25)20(21,22)23/h4-11,14H,3,12-13H2,1-2H3. The molecule has 0 aliphatic rings. The van der Waals surface area contributed by atoms with E-state index in [0.717, 1.165) is 6.42 Å². The van der Waals surface area contributed by atoms with E-state index in [1.54, 1.807) is 24.3 Å². The Labute approximate surface area is 150 Å². The molecule has 138 valence electrons. The van der Waals surface area contributed by atoms with Gasteiger partial charge in [-0.2, -0.15) is 13.2 Å². The molecule has 2 aromatic carbocycles. The lowest BCUT2D eigenvalue weighted by molar-refractivity contribution is -0.147. The van der Waals surface area contributed by atoms with Gasteiger partial charge in [0.1, 0.15) is 12.4 Å². The fraction of sp³-hybridized carbons (Fsp3) is 0.350. The van der Waals surface area contributed by atoms with Crippen LogP contribution in [-0.4, -0.2) is 16.2 Å². The lowest BCUT2D eigenvalue weighted by Crippen LogP contribution is -2.18. The molecule has 0 saturated heterocycles. The second-order valence-corrected chi connectivity index (χ2v) is 6.30. The Morgan fingerprint density at radius 2 is 1.77 bits per heavy atom. The van der Waals surface area contributed by atoms with Crippen LogP contribution in [0.4, 0.5) is 13.2 Å². The SMILES string of the molecule is CCC(C)c1ccc(OCCn2c(C(F)(F)F)nc3ccccc32)cc1. The van der Waals surface area contributed by atoms with Crippen LogP contribution < -0.4 is 4.74 Å². The third kappa shape index (κ3) is 3.84. The van der Waals surface area contributed by atoms with Crippen LogP contribution in [0.25, 0.3) is 11.0 Å². The molecule has 1 heterocycles. The van der Waals surface area contributed by atoms with Gasteiger partial charge in [-0.05, 0) is 42.2 Å². The van der Waals surface area contributed by atoms with E-state index >= 15 is 0 Å². The number of fused-ring (bicyclic) bond motifs is 1. The largest absolute Gasteiger partial charge is 0.492 e. The smallest absolute Gasteiger partial charge is 0.449 e. The van der Waals surface area contributed by atoms with Crippen molar-refractivity contribution >= 4 is 11.0 Å². The molecule has 0 fully saturated rings. The molecular formula is C20H21F3N2O. The van der Waals surface area contributed by atoms with Gasteiger partial charge in [0.15, 0.2) is 0 Å². The summed E-state index contributed by atoms with van der Waals surface area (Å²) >= 11 is 0. The van der Waals surface area contributed by atoms with Crippen LogP contribution in [0.2, 0.25) is 0 Å². The number of benzene rings is 2. The number of halogens is 3. The van der Waals surface area contributed by atoms with Gasteiger partial charge in [-0.3, -0.25) is 0 Å². The van der Waals surface area contributed by atoms with Crippen molar-refractivity contribution in [2.24, 2.45) is 0 Å². The quantitative estimate of drug-likeness (QED) is 0.567. The second kappa shape index (κ2) is 7.40. The Balaban J connectivity index is 1.74. The second-order valence-electron chi connectivity index (χ2n) is 6.30. The fourth-order valence-electron chi connectivity index (χ4n) is 2.90. The number of hydrogen-bond acceptors (Lipinski definition) is 2. The molecule has 0 aliphatic carbocycles. The minimum absolute atomic E-state index is 0.0719. The number of nitrogens with zero attached hydrogens (tertiary/aromatic N) is 2. The van der Waals surface area contributed by atoms with Crippen LogP contribution >= 0.6 is 0 Å². The fourth-order valence-corrected chi connectivity index (χ4v) is 2.90. The average Bonchev–Trinajstić information content (AvgIpc) is 3.01. The van der Waals surface area contributed by atoms with Gasteiger partial charge in [0.25, 0.3) is 0 Å². The summed E-state index contributed by atoms with van der Waals surface area (Å²) < 4.78 is 46.6. The Hall–Kier alpha value is -2.50. The highest BCUT2D eigenvalue weighted by Crippen LogP contribution is 2.31. The summed E-state index contributed by atoms with van der Waals surface area (Å²) in [6, 6.07) is 14.3. The predicted molar refractivity (Wildman–Crippen MR) is 95.4 cm³/mol. The van der Waals surface area contributed by atoms with Crippen LogP contribution in [0.1, 0.15) is 37.6 Å². The van der Waals surface area contributed by atoms with Crippen molar-refractivity contribution in [3.8, 4) is 5.75 Å². The maximum Gasteiger partial charge on any atom is 0.449 e. The molecule has 0 N–H and O–H groups in total. The number of alkyl halides is 3. The van der Waals surface area contributed by atoms with Gasteiger partial charge < -0.3 is 9.30 Å². The Bertz CT molecular complexity index is 869. The molecule has 26 heavy (non-hydrogen) atoms. The number of hydrogen-bond donors (Lipinski definition) is 0. The topological polar surface area (TPSA) is 27.1 Å². The monoisotopic (exact) mass is 362 g/mol. The molecule has 0 radical (unpaired) electrons.